The van der Waals surface area contributed by atoms with Gasteiger partial charge in [0.15, 0.2) is 0 Å². The van der Waals surface area contributed by atoms with Gasteiger partial charge in [-0.05, 0) is 41.8 Å². The first-order valence-electron chi connectivity index (χ1n) is 12.7. The second kappa shape index (κ2) is 11.1. The summed E-state index contributed by atoms with van der Waals surface area (Å²) >= 11 is 0. The van der Waals surface area contributed by atoms with E-state index in [0.717, 1.165) is 63.4 Å². The van der Waals surface area contributed by atoms with Crippen molar-refractivity contribution in [2.24, 2.45) is 0 Å². The van der Waals surface area contributed by atoms with Crippen molar-refractivity contribution in [1.29, 1.82) is 5.26 Å². The maximum Gasteiger partial charge on any atom is 0.255 e. The number of carbonyl (C=O) groups excluding carboxylic acids is 1. The first-order chi connectivity index (χ1) is 17.6. The molecule has 0 bridgehead atoms. The summed E-state index contributed by atoms with van der Waals surface area (Å²) in [6.07, 6.45) is 7.20. The highest BCUT2D eigenvalue weighted by Crippen LogP contribution is 2.22. The summed E-state index contributed by atoms with van der Waals surface area (Å²) in [5, 5.41) is 8.99. The lowest BCUT2D eigenvalue weighted by Crippen LogP contribution is -2.49. The van der Waals surface area contributed by atoms with Gasteiger partial charge in [0.25, 0.3) is 5.91 Å². The molecule has 0 unspecified atom stereocenters. The van der Waals surface area contributed by atoms with Crippen LogP contribution in [0.3, 0.4) is 0 Å². The van der Waals surface area contributed by atoms with E-state index in [1.165, 1.54) is 17.7 Å². The predicted molar refractivity (Wildman–Crippen MR) is 137 cm³/mol. The molecule has 0 aliphatic carbocycles. The maximum absolute atomic E-state index is 13.3. The fraction of sp³-hybridized carbons (Fsp3) is 0.379. The first-order valence-corrected chi connectivity index (χ1v) is 12.7. The van der Waals surface area contributed by atoms with Crippen LogP contribution in [0.4, 0.5) is 4.39 Å². The highest BCUT2D eigenvalue weighted by atomic mass is 19.1. The minimum Gasteiger partial charge on any atom is -0.369 e. The number of piperazine rings is 1. The molecule has 186 valence electrons. The zero-order valence-electron chi connectivity index (χ0n) is 20.5. The summed E-state index contributed by atoms with van der Waals surface area (Å²) < 4.78 is 13.2. The van der Waals surface area contributed by atoms with Gasteiger partial charge in [-0.1, -0.05) is 36.4 Å². The van der Waals surface area contributed by atoms with Gasteiger partial charge in [-0.15, -0.1) is 0 Å². The average molecular weight is 486 g/mol. The van der Waals surface area contributed by atoms with Gasteiger partial charge in [-0.3, -0.25) is 14.6 Å². The van der Waals surface area contributed by atoms with Gasteiger partial charge < -0.3 is 9.80 Å². The molecular weight excluding hydrogens is 453 g/mol. The van der Waals surface area contributed by atoms with Crippen molar-refractivity contribution in [2.45, 2.75) is 25.6 Å². The number of amides is 1. The molecule has 3 aliphatic rings. The molecule has 1 atom stereocenters. The van der Waals surface area contributed by atoms with Gasteiger partial charge in [-0.2, -0.15) is 5.26 Å². The Morgan fingerprint density at radius 1 is 0.917 bits per heavy atom. The molecule has 3 aliphatic heterocycles. The molecular formula is C29H32FN5O. The molecule has 36 heavy (non-hydrogen) atoms. The van der Waals surface area contributed by atoms with E-state index >= 15 is 0 Å². The fourth-order valence-corrected chi connectivity index (χ4v) is 5.27. The average Bonchev–Trinajstić information content (AvgIpc) is 3.39. The van der Waals surface area contributed by atoms with Crippen LogP contribution in [0.2, 0.25) is 0 Å². The Hall–Kier alpha value is -3.47. The third kappa shape index (κ3) is 5.84. The number of benzene rings is 2. The highest BCUT2D eigenvalue weighted by Gasteiger charge is 2.29. The Bertz CT molecular complexity index is 1160. The van der Waals surface area contributed by atoms with Crippen LogP contribution in [-0.2, 0) is 17.9 Å². The van der Waals surface area contributed by atoms with Crippen molar-refractivity contribution in [3.8, 4) is 6.07 Å². The standard InChI is InChI=1S/C29H32FN5O/c30-27-9-7-25(8-10-27)19-32-14-16-34(17-15-32)29(36)26-2-1-12-35(21-26)28-11-13-33(22-28)20-24-5-3-23(18-31)4-6-24/h1-10,21,28H,11-17,19-20,22H2/t28-/m1/s1. The van der Waals surface area contributed by atoms with E-state index in [2.05, 4.69) is 33.0 Å². The molecule has 1 amide bonds. The number of nitrogens with zero attached hydrogens (tertiary/aromatic N) is 5. The summed E-state index contributed by atoms with van der Waals surface area (Å²) in [4.78, 5) is 22.3. The number of hydrogen-bond acceptors (Lipinski definition) is 5. The Kier molecular flexibility index (Phi) is 7.45. The second-order valence-electron chi connectivity index (χ2n) is 9.86. The van der Waals surface area contributed by atoms with Gasteiger partial charge in [0.1, 0.15) is 5.82 Å². The van der Waals surface area contributed by atoms with Crippen LogP contribution in [0.5, 0.6) is 0 Å². The molecule has 2 saturated heterocycles. The quantitative estimate of drug-likeness (QED) is 0.628. The summed E-state index contributed by atoms with van der Waals surface area (Å²) in [5.41, 5.74) is 3.77. The van der Waals surface area contributed by atoms with Gasteiger partial charge in [0.05, 0.1) is 17.2 Å². The largest absolute Gasteiger partial charge is 0.369 e. The molecule has 7 heteroatoms. The van der Waals surface area contributed by atoms with Crippen LogP contribution >= 0.6 is 0 Å². The van der Waals surface area contributed by atoms with Gasteiger partial charge in [0, 0.05) is 71.1 Å². The third-order valence-electron chi connectivity index (χ3n) is 7.35. The molecule has 0 spiro atoms. The molecule has 0 aromatic heterocycles. The molecule has 2 fully saturated rings. The normalized spacial score (nSPS) is 20.9. The number of halogens is 1. The summed E-state index contributed by atoms with van der Waals surface area (Å²) in [5.74, 6) is -0.113. The molecule has 5 rings (SSSR count). The monoisotopic (exact) mass is 485 g/mol. The zero-order chi connectivity index (χ0) is 24.9. The molecule has 2 aromatic carbocycles. The second-order valence-corrected chi connectivity index (χ2v) is 9.86. The zero-order valence-corrected chi connectivity index (χ0v) is 20.5. The Morgan fingerprint density at radius 3 is 2.28 bits per heavy atom. The summed E-state index contributed by atoms with van der Waals surface area (Å²) in [6, 6.07) is 17.0. The van der Waals surface area contributed by atoms with Crippen molar-refractivity contribution in [3.05, 3.63) is 95.0 Å². The van der Waals surface area contributed by atoms with Crippen LogP contribution in [0.15, 0.2) is 72.5 Å². The van der Waals surface area contributed by atoms with E-state index < -0.39 is 0 Å². The van der Waals surface area contributed by atoms with Crippen LogP contribution in [0, 0.1) is 17.1 Å². The van der Waals surface area contributed by atoms with Crippen LogP contribution in [-0.4, -0.2) is 77.4 Å². The van der Waals surface area contributed by atoms with E-state index in [9.17, 15) is 9.18 Å². The molecule has 3 heterocycles. The lowest BCUT2D eigenvalue weighted by atomic mass is 10.1. The van der Waals surface area contributed by atoms with Crippen molar-refractivity contribution in [2.75, 3.05) is 45.8 Å². The SMILES string of the molecule is N#Cc1ccc(CN2CC[C@@H](N3C=C(C(=O)N4CCN(Cc5ccc(F)cc5)CC4)C=CC3)C2)cc1. The van der Waals surface area contributed by atoms with E-state index in [1.54, 1.807) is 0 Å². The van der Waals surface area contributed by atoms with Crippen LogP contribution in [0.25, 0.3) is 0 Å². The number of likely N-dealkylation sites (tertiary alicyclic amines) is 1. The van der Waals surface area contributed by atoms with Crippen molar-refractivity contribution >= 4 is 5.91 Å². The fourth-order valence-electron chi connectivity index (χ4n) is 5.27. The van der Waals surface area contributed by atoms with E-state index in [1.807, 2.05) is 47.4 Å². The van der Waals surface area contributed by atoms with Gasteiger partial charge in [0.2, 0.25) is 0 Å². The lowest BCUT2D eigenvalue weighted by Gasteiger charge is -2.36. The van der Waals surface area contributed by atoms with Gasteiger partial charge >= 0.3 is 0 Å². The van der Waals surface area contributed by atoms with E-state index in [4.69, 9.17) is 5.26 Å². The topological polar surface area (TPSA) is 53.8 Å². The summed E-state index contributed by atoms with van der Waals surface area (Å²) in [7, 11) is 0. The Labute approximate surface area is 212 Å². The van der Waals surface area contributed by atoms with Crippen LogP contribution < -0.4 is 0 Å². The van der Waals surface area contributed by atoms with Crippen molar-refractivity contribution < 1.29 is 9.18 Å². The Balaban J connectivity index is 1.12. The predicted octanol–water partition coefficient (Wildman–Crippen LogP) is 3.37. The molecule has 0 saturated carbocycles. The smallest absolute Gasteiger partial charge is 0.255 e. The third-order valence-corrected chi connectivity index (χ3v) is 7.35. The summed E-state index contributed by atoms with van der Waals surface area (Å²) in [6.45, 7) is 7.51. The van der Waals surface area contributed by atoms with Gasteiger partial charge in [-0.25, -0.2) is 4.39 Å². The minimum atomic E-state index is -0.214. The van der Waals surface area contributed by atoms with E-state index in [0.29, 0.717) is 24.7 Å². The minimum absolute atomic E-state index is 0.102. The number of nitriles is 1. The Morgan fingerprint density at radius 2 is 1.58 bits per heavy atom. The van der Waals surface area contributed by atoms with E-state index in [-0.39, 0.29) is 11.7 Å². The molecule has 6 nitrogen and oxygen atoms in total. The molecule has 2 aromatic rings. The van der Waals surface area contributed by atoms with Crippen molar-refractivity contribution in [1.82, 2.24) is 19.6 Å². The highest BCUT2D eigenvalue weighted by molar-refractivity contribution is 5.96. The number of hydrogen-bond donors (Lipinski definition) is 0. The maximum atomic E-state index is 13.3. The molecule has 0 radical (unpaired) electrons. The lowest BCUT2D eigenvalue weighted by molar-refractivity contribution is -0.128. The number of carbonyl (C=O) groups is 1. The number of rotatable bonds is 6. The van der Waals surface area contributed by atoms with Crippen molar-refractivity contribution in [3.63, 3.8) is 0 Å². The molecule has 0 N–H and O–H groups in total. The van der Waals surface area contributed by atoms with Crippen LogP contribution in [0.1, 0.15) is 23.1 Å². The first kappa shape index (κ1) is 24.2.